The first-order chi connectivity index (χ1) is 9.63. The molecule has 0 aromatic carbocycles. The van der Waals surface area contributed by atoms with E-state index >= 15 is 0 Å². The molecule has 0 aliphatic heterocycles. The number of unbranched alkanes of at least 4 members (excludes halogenated alkanes) is 2. The van der Waals surface area contributed by atoms with E-state index in [0.717, 1.165) is 48.7 Å². The summed E-state index contributed by atoms with van der Waals surface area (Å²) in [5, 5.41) is 0. The summed E-state index contributed by atoms with van der Waals surface area (Å²) in [7, 11) is 7.37. The van der Waals surface area contributed by atoms with Crippen molar-refractivity contribution in [2.75, 3.05) is 34.5 Å². The second-order valence-corrected chi connectivity index (χ2v) is 11.3. The normalized spacial score (nSPS) is 14.3. The van der Waals surface area contributed by atoms with E-state index in [9.17, 15) is 8.42 Å². The van der Waals surface area contributed by atoms with Crippen LogP contribution in [0.4, 0.5) is 0 Å². The Kier molecular flexibility index (Phi) is 18.4. The lowest BCUT2D eigenvalue weighted by Gasteiger charge is -2.02. The number of hydrogen-bond donors (Lipinski definition) is 2. The van der Waals surface area contributed by atoms with Gasteiger partial charge >= 0.3 is 0 Å². The van der Waals surface area contributed by atoms with Crippen LogP contribution < -0.4 is 0 Å². The van der Waals surface area contributed by atoms with E-state index in [1.54, 1.807) is 0 Å². The molecular weight excluding hydrogens is 377 g/mol. The van der Waals surface area contributed by atoms with Crippen molar-refractivity contribution in [3.8, 4) is 0 Å². The quantitative estimate of drug-likeness (QED) is 0.245. The van der Waals surface area contributed by atoms with Crippen molar-refractivity contribution < 1.29 is 17.5 Å². The van der Waals surface area contributed by atoms with Gasteiger partial charge in [0.05, 0.1) is 0 Å². The third kappa shape index (κ3) is 19.6. The molecule has 0 bridgehead atoms. The molecule has 10 heteroatoms. The molecule has 0 spiro atoms. The minimum Gasteiger partial charge on any atom is -0.306 e. The Morgan fingerprint density at radius 1 is 0.600 bits per heavy atom. The fraction of sp³-hybridized carbons (Fsp3) is 1.00. The molecular formula is C10H22O4S6. The van der Waals surface area contributed by atoms with Crippen LogP contribution in [0.15, 0.2) is 0 Å². The van der Waals surface area contributed by atoms with E-state index in [1.165, 1.54) is 0 Å². The van der Waals surface area contributed by atoms with Crippen molar-refractivity contribution in [3.05, 3.63) is 0 Å². The maximum absolute atomic E-state index is 10.4. The summed E-state index contributed by atoms with van der Waals surface area (Å²) in [5.74, 6) is 5.07. The molecule has 2 atom stereocenters. The average Bonchev–Trinajstić information content (AvgIpc) is 2.38. The second kappa shape index (κ2) is 17.0. The molecule has 2 unspecified atom stereocenters. The molecule has 0 fully saturated rings. The van der Waals surface area contributed by atoms with Gasteiger partial charge in [0.25, 0.3) is 0 Å². The topological polar surface area (TPSA) is 74.6 Å². The first-order valence-electron chi connectivity index (χ1n) is 6.26. The van der Waals surface area contributed by atoms with Crippen LogP contribution >= 0.6 is 43.2 Å². The Bertz CT molecular complexity index is 240. The predicted octanol–water partition coefficient (Wildman–Crippen LogP) is 3.75. The highest BCUT2D eigenvalue weighted by molar-refractivity contribution is 8.78. The number of hydrogen-bond acceptors (Lipinski definition) is 6. The molecule has 0 saturated heterocycles. The summed E-state index contributed by atoms with van der Waals surface area (Å²) in [6.45, 7) is 0. The van der Waals surface area contributed by atoms with Gasteiger partial charge in [0.15, 0.2) is 22.2 Å². The van der Waals surface area contributed by atoms with Crippen LogP contribution in [0.2, 0.25) is 0 Å². The van der Waals surface area contributed by atoms with Crippen LogP contribution in [0.3, 0.4) is 0 Å². The van der Waals surface area contributed by atoms with Gasteiger partial charge in [0.2, 0.25) is 0 Å². The zero-order chi connectivity index (χ0) is 15.1. The highest BCUT2D eigenvalue weighted by Crippen LogP contribution is 2.28. The summed E-state index contributed by atoms with van der Waals surface area (Å²) >= 11 is -3.27. The SMILES string of the molecule is O=S(O)CCCCSSCCSSCCCCS(=O)O. The number of rotatable bonds is 15. The maximum atomic E-state index is 10.4. The third-order valence-electron chi connectivity index (χ3n) is 2.01. The zero-order valence-corrected chi connectivity index (χ0v) is 16.1. The van der Waals surface area contributed by atoms with E-state index in [0.29, 0.717) is 11.5 Å². The van der Waals surface area contributed by atoms with Crippen molar-refractivity contribution in [2.24, 2.45) is 0 Å². The Morgan fingerprint density at radius 3 is 1.30 bits per heavy atom. The minimum absolute atomic E-state index is 0.390. The second-order valence-electron chi connectivity index (χ2n) is 3.75. The molecule has 0 radical (unpaired) electrons. The molecule has 0 aliphatic carbocycles. The van der Waals surface area contributed by atoms with Crippen LogP contribution in [0, 0.1) is 0 Å². The van der Waals surface area contributed by atoms with Gasteiger partial charge in [-0.3, -0.25) is 0 Å². The Balaban J connectivity index is 2.99. The summed E-state index contributed by atoms with van der Waals surface area (Å²) in [5.41, 5.74) is 0. The van der Waals surface area contributed by atoms with Gasteiger partial charge in [0.1, 0.15) is 0 Å². The van der Waals surface area contributed by atoms with E-state index < -0.39 is 22.2 Å². The van der Waals surface area contributed by atoms with Crippen molar-refractivity contribution in [3.63, 3.8) is 0 Å². The highest BCUT2D eigenvalue weighted by atomic mass is 33.1. The van der Waals surface area contributed by atoms with Gasteiger partial charge in [-0.25, -0.2) is 8.42 Å². The van der Waals surface area contributed by atoms with Crippen LogP contribution in [0.1, 0.15) is 25.7 Å². The van der Waals surface area contributed by atoms with Crippen LogP contribution in [0.5, 0.6) is 0 Å². The van der Waals surface area contributed by atoms with Crippen LogP contribution in [-0.4, -0.2) is 52.0 Å². The lowest BCUT2D eigenvalue weighted by atomic mass is 10.4. The lowest BCUT2D eigenvalue weighted by Crippen LogP contribution is -1.95. The van der Waals surface area contributed by atoms with Gasteiger partial charge < -0.3 is 9.11 Å². The zero-order valence-electron chi connectivity index (χ0n) is 11.2. The van der Waals surface area contributed by atoms with Gasteiger partial charge in [-0.1, -0.05) is 43.2 Å². The van der Waals surface area contributed by atoms with Crippen molar-refractivity contribution in [1.29, 1.82) is 0 Å². The molecule has 0 heterocycles. The predicted molar refractivity (Wildman–Crippen MR) is 99.6 cm³/mol. The molecule has 2 N–H and O–H groups in total. The fourth-order valence-electron chi connectivity index (χ4n) is 1.08. The molecule has 0 aromatic heterocycles. The Hall–Kier alpha value is 1.62. The monoisotopic (exact) mass is 398 g/mol. The standard InChI is InChI=1S/C10H22O4S6/c11-19(12)9-3-1-5-15-17-7-8-18-16-6-2-4-10-20(13)14/h1-10H2,(H,11,12)(H,13,14). The van der Waals surface area contributed by atoms with E-state index in [4.69, 9.17) is 9.11 Å². The molecule has 0 saturated carbocycles. The van der Waals surface area contributed by atoms with Gasteiger partial charge in [-0.15, -0.1) is 0 Å². The Labute approximate surface area is 142 Å². The average molecular weight is 399 g/mol. The smallest absolute Gasteiger partial charge is 0.152 e. The Morgan fingerprint density at radius 2 is 0.950 bits per heavy atom. The maximum Gasteiger partial charge on any atom is 0.152 e. The molecule has 20 heavy (non-hydrogen) atoms. The van der Waals surface area contributed by atoms with Crippen LogP contribution in [0.25, 0.3) is 0 Å². The van der Waals surface area contributed by atoms with Crippen molar-refractivity contribution >= 4 is 65.3 Å². The summed E-state index contributed by atoms with van der Waals surface area (Å²) in [6.07, 6.45) is 3.63. The van der Waals surface area contributed by atoms with E-state index in [1.807, 2.05) is 43.2 Å². The first-order valence-corrected chi connectivity index (χ1v) is 13.8. The molecule has 122 valence electrons. The van der Waals surface area contributed by atoms with Crippen LogP contribution in [-0.2, 0) is 22.2 Å². The van der Waals surface area contributed by atoms with Crippen molar-refractivity contribution in [2.45, 2.75) is 25.7 Å². The molecule has 4 nitrogen and oxygen atoms in total. The molecule has 0 aromatic rings. The lowest BCUT2D eigenvalue weighted by molar-refractivity contribution is 0.560. The van der Waals surface area contributed by atoms with Crippen molar-refractivity contribution in [1.82, 2.24) is 0 Å². The first kappa shape index (κ1) is 21.6. The summed E-state index contributed by atoms with van der Waals surface area (Å²) in [4.78, 5) is 0. The van der Waals surface area contributed by atoms with E-state index in [2.05, 4.69) is 0 Å². The highest BCUT2D eigenvalue weighted by Gasteiger charge is 1.97. The van der Waals surface area contributed by atoms with E-state index in [-0.39, 0.29) is 0 Å². The summed E-state index contributed by atoms with van der Waals surface area (Å²) in [6, 6.07) is 0. The fourth-order valence-corrected chi connectivity index (χ4v) is 6.98. The van der Waals surface area contributed by atoms with Gasteiger partial charge in [-0.2, -0.15) is 0 Å². The van der Waals surface area contributed by atoms with Gasteiger partial charge in [-0.05, 0) is 25.7 Å². The molecule has 0 aliphatic rings. The minimum atomic E-state index is -1.64. The molecule has 0 amide bonds. The summed E-state index contributed by atoms with van der Waals surface area (Å²) < 4.78 is 38.0. The third-order valence-corrected chi connectivity index (χ3v) is 8.53. The largest absolute Gasteiger partial charge is 0.306 e. The molecule has 0 rings (SSSR count). The van der Waals surface area contributed by atoms with Gasteiger partial charge in [0, 0.05) is 34.5 Å².